The molecule has 2 rings (SSSR count). The summed E-state index contributed by atoms with van der Waals surface area (Å²) in [5.41, 5.74) is 1.04. The number of nitrogens with one attached hydrogen (secondary N) is 2. The van der Waals surface area contributed by atoms with Crippen LogP contribution < -0.4 is 10.6 Å². The van der Waals surface area contributed by atoms with Gasteiger partial charge in [0.2, 0.25) is 0 Å². The summed E-state index contributed by atoms with van der Waals surface area (Å²) in [6.45, 7) is 0. The maximum absolute atomic E-state index is 11.6. The number of methoxy groups -OCH3 is 1. The first-order chi connectivity index (χ1) is 10.6. The second-order valence-electron chi connectivity index (χ2n) is 5.47. The van der Waals surface area contributed by atoms with Gasteiger partial charge in [0.05, 0.1) is 17.7 Å². The van der Waals surface area contributed by atoms with Crippen molar-refractivity contribution in [3.8, 4) is 0 Å². The molecule has 1 aromatic rings. The van der Waals surface area contributed by atoms with E-state index in [1.54, 1.807) is 18.2 Å². The van der Waals surface area contributed by atoms with Crippen LogP contribution in [0.25, 0.3) is 0 Å². The minimum atomic E-state index is -0.462. The third kappa shape index (κ3) is 4.85. The van der Waals surface area contributed by atoms with Crippen LogP contribution >= 0.6 is 23.8 Å². The number of esters is 1. The summed E-state index contributed by atoms with van der Waals surface area (Å²) in [6, 6.07) is 5.52. The van der Waals surface area contributed by atoms with E-state index in [9.17, 15) is 4.79 Å². The summed E-state index contributed by atoms with van der Waals surface area (Å²) in [7, 11) is 1.33. The second kappa shape index (κ2) is 8.34. The highest BCUT2D eigenvalue weighted by atomic mass is 35.5. The first kappa shape index (κ1) is 17.0. The number of hydrogen-bond donors (Lipinski definition) is 2. The van der Waals surface area contributed by atoms with Gasteiger partial charge in [0.1, 0.15) is 0 Å². The molecule has 0 radical (unpaired) electrons. The number of ether oxygens (including phenoxy) is 1. The molecule has 1 saturated carbocycles. The molecule has 120 valence electrons. The highest BCUT2D eigenvalue weighted by molar-refractivity contribution is 7.80. The first-order valence-corrected chi connectivity index (χ1v) is 8.34. The molecule has 1 aliphatic carbocycles. The molecule has 0 bridgehead atoms. The van der Waals surface area contributed by atoms with Crippen molar-refractivity contribution in [2.24, 2.45) is 0 Å². The molecule has 0 saturated heterocycles. The fraction of sp³-hybridized carbons (Fsp3) is 0.500. The van der Waals surface area contributed by atoms with Crippen molar-refractivity contribution in [3.63, 3.8) is 0 Å². The SMILES string of the molecule is COC(=O)c1cc(NC(=S)NC2CCCCCC2)ccc1Cl. The van der Waals surface area contributed by atoms with E-state index in [1.807, 2.05) is 0 Å². The number of rotatable bonds is 3. The summed E-state index contributed by atoms with van der Waals surface area (Å²) in [6.07, 6.45) is 7.39. The number of anilines is 1. The Morgan fingerprint density at radius 3 is 2.59 bits per heavy atom. The summed E-state index contributed by atoms with van der Waals surface area (Å²) in [5.74, 6) is -0.462. The molecular weight excluding hydrogens is 320 g/mol. The van der Waals surface area contributed by atoms with E-state index >= 15 is 0 Å². The monoisotopic (exact) mass is 340 g/mol. The lowest BCUT2D eigenvalue weighted by atomic mass is 10.1. The van der Waals surface area contributed by atoms with Crippen LogP contribution in [0.5, 0.6) is 0 Å². The molecule has 0 amide bonds. The first-order valence-electron chi connectivity index (χ1n) is 7.55. The van der Waals surface area contributed by atoms with Crippen LogP contribution in [0.1, 0.15) is 48.9 Å². The topological polar surface area (TPSA) is 50.4 Å². The van der Waals surface area contributed by atoms with Crippen molar-refractivity contribution in [1.82, 2.24) is 5.32 Å². The number of carbonyl (C=O) groups is 1. The van der Waals surface area contributed by atoms with Gasteiger partial charge in [0, 0.05) is 11.7 Å². The predicted molar refractivity (Wildman–Crippen MR) is 93.6 cm³/mol. The van der Waals surface area contributed by atoms with Crippen molar-refractivity contribution in [3.05, 3.63) is 28.8 Å². The highest BCUT2D eigenvalue weighted by Gasteiger charge is 2.14. The van der Waals surface area contributed by atoms with Crippen LogP contribution in [0.3, 0.4) is 0 Å². The zero-order valence-corrected chi connectivity index (χ0v) is 14.2. The highest BCUT2D eigenvalue weighted by Crippen LogP contribution is 2.22. The van der Waals surface area contributed by atoms with E-state index in [1.165, 1.54) is 32.8 Å². The largest absolute Gasteiger partial charge is 0.465 e. The minimum Gasteiger partial charge on any atom is -0.465 e. The van der Waals surface area contributed by atoms with Crippen molar-refractivity contribution in [2.45, 2.75) is 44.6 Å². The van der Waals surface area contributed by atoms with Crippen LogP contribution in [0.4, 0.5) is 5.69 Å². The van der Waals surface area contributed by atoms with Crippen LogP contribution in [0.2, 0.25) is 5.02 Å². The molecule has 1 fully saturated rings. The van der Waals surface area contributed by atoms with E-state index < -0.39 is 5.97 Å². The van der Waals surface area contributed by atoms with Gasteiger partial charge < -0.3 is 15.4 Å². The second-order valence-corrected chi connectivity index (χ2v) is 6.29. The standard InChI is InChI=1S/C16H21ClN2O2S/c1-21-15(20)13-10-12(8-9-14(13)17)19-16(22)18-11-6-4-2-3-5-7-11/h8-11H,2-7H2,1H3,(H2,18,19,22). The van der Waals surface area contributed by atoms with Crippen molar-refractivity contribution >= 4 is 40.6 Å². The van der Waals surface area contributed by atoms with Gasteiger partial charge in [-0.25, -0.2) is 4.79 Å². The molecule has 0 unspecified atom stereocenters. The predicted octanol–water partition coefficient (Wildman–Crippen LogP) is 4.14. The maximum Gasteiger partial charge on any atom is 0.339 e. The van der Waals surface area contributed by atoms with Gasteiger partial charge in [0.25, 0.3) is 0 Å². The van der Waals surface area contributed by atoms with Crippen LogP contribution in [0.15, 0.2) is 18.2 Å². The Labute approximate surface area is 141 Å². The lowest BCUT2D eigenvalue weighted by molar-refractivity contribution is 0.0601. The molecule has 1 aliphatic rings. The zero-order valence-electron chi connectivity index (χ0n) is 12.7. The summed E-state index contributed by atoms with van der Waals surface area (Å²) in [4.78, 5) is 11.6. The quantitative estimate of drug-likeness (QED) is 0.492. The van der Waals surface area contributed by atoms with Crippen molar-refractivity contribution in [1.29, 1.82) is 0 Å². The third-order valence-electron chi connectivity index (χ3n) is 3.82. The van der Waals surface area contributed by atoms with E-state index in [0.717, 1.165) is 18.5 Å². The fourth-order valence-corrected chi connectivity index (χ4v) is 3.12. The van der Waals surface area contributed by atoms with Crippen molar-refractivity contribution in [2.75, 3.05) is 12.4 Å². The molecular formula is C16H21ClN2O2S. The molecule has 22 heavy (non-hydrogen) atoms. The summed E-state index contributed by atoms with van der Waals surface area (Å²) >= 11 is 11.4. The number of halogens is 1. The van der Waals surface area contributed by atoms with Gasteiger partial charge in [0.15, 0.2) is 5.11 Å². The third-order valence-corrected chi connectivity index (χ3v) is 4.37. The lowest BCUT2D eigenvalue weighted by Crippen LogP contribution is -2.37. The van der Waals surface area contributed by atoms with Gasteiger partial charge in [-0.3, -0.25) is 0 Å². The Morgan fingerprint density at radius 1 is 1.27 bits per heavy atom. The maximum atomic E-state index is 11.6. The Balaban J connectivity index is 1.97. The molecule has 1 aromatic carbocycles. The summed E-state index contributed by atoms with van der Waals surface area (Å²) < 4.78 is 4.71. The van der Waals surface area contributed by atoms with Gasteiger partial charge in [-0.05, 0) is 43.3 Å². The zero-order chi connectivity index (χ0) is 15.9. The molecule has 0 aromatic heterocycles. The van der Waals surface area contributed by atoms with E-state index in [-0.39, 0.29) is 0 Å². The molecule has 0 atom stereocenters. The lowest BCUT2D eigenvalue weighted by Gasteiger charge is -2.19. The summed E-state index contributed by atoms with van der Waals surface area (Å²) in [5, 5.41) is 7.40. The van der Waals surface area contributed by atoms with Crippen molar-refractivity contribution < 1.29 is 9.53 Å². The van der Waals surface area contributed by atoms with Gasteiger partial charge in [-0.1, -0.05) is 37.3 Å². The van der Waals surface area contributed by atoms with Crippen LogP contribution in [-0.2, 0) is 4.74 Å². The normalized spacial score (nSPS) is 15.7. The number of benzene rings is 1. The molecule has 2 N–H and O–H groups in total. The molecule has 4 nitrogen and oxygen atoms in total. The van der Waals surface area contributed by atoms with E-state index in [4.69, 9.17) is 28.6 Å². The smallest absolute Gasteiger partial charge is 0.339 e. The average molecular weight is 341 g/mol. The average Bonchev–Trinajstić information content (AvgIpc) is 2.77. The minimum absolute atomic E-state index is 0.325. The van der Waals surface area contributed by atoms with E-state index in [2.05, 4.69) is 10.6 Å². The van der Waals surface area contributed by atoms with Gasteiger partial charge in [-0.2, -0.15) is 0 Å². The molecule has 0 aliphatic heterocycles. The van der Waals surface area contributed by atoms with Crippen LogP contribution in [0, 0.1) is 0 Å². The molecule has 0 spiro atoms. The molecule has 0 heterocycles. The van der Waals surface area contributed by atoms with Crippen LogP contribution in [-0.4, -0.2) is 24.2 Å². The Hall–Kier alpha value is -1.33. The van der Waals surface area contributed by atoms with Gasteiger partial charge in [-0.15, -0.1) is 0 Å². The molecule has 6 heteroatoms. The number of thiocarbonyl (C=S) groups is 1. The Bertz CT molecular complexity index is 543. The Kier molecular flexibility index (Phi) is 6.46. The van der Waals surface area contributed by atoms with Gasteiger partial charge >= 0.3 is 5.97 Å². The Morgan fingerprint density at radius 2 is 1.95 bits per heavy atom. The number of hydrogen-bond acceptors (Lipinski definition) is 3. The van der Waals surface area contributed by atoms with E-state index in [0.29, 0.717) is 21.7 Å². The number of carbonyl (C=O) groups excluding carboxylic acids is 1. The fourth-order valence-electron chi connectivity index (χ4n) is 2.65.